The Kier molecular flexibility index (Phi) is 5.03. The summed E-state index contributed by atoms with van der Waals surface area (Å²) < 4.78 is 50.0. The van der Waals surface area contributed by atoms with E-state index in [4.69, 9.17) is 0 Å². The molecule has 0 bridgehead atoms. The van der Waals surface area contributed by atoms with Crippen LogP contribution < -0.4 is 5.56 Å². The third-order valence-corrected chi connectivity index (χ3v) is 4.24. The van der Waals surface area contributed by atoms with Crippen molar-refractivity contribution in [1.82, 2.24) is 9.97 Å². The summed E-state index contributed by atoms with van der Waals surface area (Å²) in [5, 5.41) is 0. The molecular formula is C15H15F3N2O2S. The number of rotatable bonds is 4. The monoisotopic (exact) mass is 344 g/mol. The van der Waals surface area contributed by atoms with E-state index in [1.807, 2.05) is 32.0 Å². The highest BCUT2D eigenvalue weighted by Gasteiger charge is 2.33. The zero-order valence-electron chi connectivity index (χ0n) is 12.5. The second kappa shape index (κ2) is 6.66. The molecule has 1 atom stereocenters. The number of halogens is 3. The minimum absolute atomic E-state index is 0.183. The predicted octanol–water partition coefficient (Wildman–Crippen LogP) is 2.85. The van der Waals surface area contributed by atoms with Gasteiger partial charge in [0.1, 0.15) is 5.82 Å². The Hall–Kier alpha value is -1.96. The SMILES string of the molecule is Cc1cc(C)cc(CS(=O)Cc2nc(C(F)(F)F)cc(=O)[nH]2)c1. The van der Waals surface area contributed by atoms with Gasteiger partial charge in [-0.3, -0.25) is 9.00 Å². The molecule has 0 spiro atoms. The smallest absolute Gasteiger partial charge is 0.310 e. The summed E-state index contributed by atoms with van der Waals surface area (Å²) in [6, 6.07) is 6.09. The molecule has 0 aliphatic heterocycles. The number of hydrogen-bond acceptors (Lipinski definition) is 3. The van der Waals surface area contributed by atoms with Crippen LogP contribution in [0, 0.1) is 13.8 Å². The molecule has 124 valence electrons. The molecule has 23 heavy (non-hydrogen) atoms. The number of alkyl halides is 3. The fourth-order valence-corrected chi connectivity index (χ4v) is 3.35. The van der Waals surface area contributed by atoms with Crippen LogP contribution in [0.3, 0.4) is 0 Å². The quantitative estimate of drug-likeness (QED) is 0.928. The van der Waals surface area contributed by atoms with Crippen molar-refractivity contribution in [3.8, 4) is 0 Å². The molecular weight excluding hydrogens is 329 g/mol. The van der Waals surface area contributed by atoms with Crippen LogP contribution in [-0.2, 0) is 28.5 Å². The molecule has 4 nitrogen and oxygen atoms in total. The summed E-state index contributed by atoms with van der Waals surface area (Å²) >= 11 is 0. The van der Waals surface area contributed by atoms with Crippen LogP contribution in [-0.4, -0.2) is 14.2 Å². The van der Waals surface area contributed by atoms with Crippen LogP contribution >= 0.6 is 0 Å². The van der Waals surface area contributed by atoms with E-state index >= 15 is 0 Å². The van der Waals surface area contributed by atoms with Gasteiger partial charge < -0.3 is 4.98 Å². The second-order valence-corrected chi connectivity index (χ2v) is 6.76. The van der Waals surface area contributed by atoms with Gasteiger partial charge in [0, 0.05) is 22.6 Å². The van der Waals surface area contributed by atoms with Crippen LogP contribution in [0.1, 0.15) is 28.2 Å². The molecule has 0 amide bonds. The normalized spacial score (nSPS) is 13.1. The van der Waals surface area contributed by atoms with Crippen molar-refractivity contribution in [3.63, 3.8) is 0 Å². The first-order valence-electron chi connectivity index (χ1n) is 6.73. The van der Waals surface area contributed by atoms with Gasteiger partial charge in [0.2, 0.25) is 0 Å². The first kappa shape index (κ1) is 17.4. The predicted molar refractivity (Wildman–Crippen MR) is 81.3 cm³/mol. The summed E-state index contributed by atoms with van der Waals surface area (Å²) in [4.78, 5) is 16.8. The molecule has 1 aromatic heterocycles. The van der Waals surface area contributed by atoms with E-state index in [1.165, 1.54) is 0 Å². The van der Waals surface area contributed by atoms with Gasteiger partial charge in [-0.2, -0.15) is 13.2 Å². The summed E-state index contributed by atoms with van der Waals surface area (Å²) in [7, 11) is -1.48. The van der Waals surface area contributed by atoms with Crippen LogP contribution in [0.5, 0.6) is 0 Å². The van der Waals surface area contributed by atoms with Crippen molar-refractivity contribution < 1.29 is 17.4 Å². The summed E-state index contributed by atoms with van der Waals surface area (Å²) in [5.74, 6) is -0.290. The van der Waals surface area contributed by atoms with E-state index in [0.29, 0.717) is 6.07 Å². The minimum atomic E-state index is -4.71. The molecule has 1 unspecified atom stereocenters. The Morgan fingerprint density at radius 2 is 1.70 bits per heavy atom. The topological polar surface area (TPSA) is 62.8 Å². The first-order chi connectivity index (χ1) is 10.6. The lowest BCUT2D eigenvalue weighted by atomic mass is 10.1. The van der Waals surface area contributed by atoms with E-state index in [9.17, 15) is 22.2 Å². The highest BCUT2D eigenvalue weighted by Crippen LogP contribution is 2.26. The third-order valence-electron chi connectivity index (χ3n) is 2.99. The Morgan fingerprint density at radius 3 is 2.26 bits per heavy atom. The van der Waals surface area contributed by atoms with Crippen molar-refractivity contribution >= 4 is 10.8 Å². The Bertz CT molecular complexity index is 780. The van der Waals surface area contributed by atoms with Crippen LogP contribution in [0.25, 0.3) is 0 Å². The summed E-state index contributed by atoms with van der Waals surface area (Å²) in [5.41, 5.74) is 0.672. The molecule has 0 radical (unpaired) electrons. The molecule has 0 aliphatic rings. The van der Waals surface area contributed by atoms with Gasteiger partial charge >= 0.3 is 6.18 Å². The van der Waals surface area contributed by atoms with Gasteiger partial charge in [0.05, 0.1) is 5.75 Å². The van der Waals surface area contributed by atoms with E-state index in [1.54, 1.807) is 0 Å². The summed E-state index contributed by atoms with van der Waals surface area (Å²) in [6.07, 6.45) is -4.71. The van der Waals surface area contributed by atoms with Gasteiger partial charge in [-0.15, -0.1) is 0 Å². The van der Waals surface area contributed by atoms with Gasteiger partial charge in [0.25, 0.3) is 5.56 Å². The van der Waals surface area contributed by atoms with Gasteiger partial charge in [-0.1, -0.05) is 29.3 Å². The number of benzene rings is 1. The van der Waals surface area contributed by atoms with Crippen molar-refractivity contribution in [1.29, 1.82) is 0 Å². The number of aromatic nitrogens is 2. The largest absolute Gasteiger partial charge is 0.433 e. The van der Waals surface area contributed by atoms with Crippen molar-refractivity contribution in [2.24, 2.45) is 0 Å². The van der Waals surface area contributed by atoms with Crippen molar-refractivity contribution in [2.75, 3.05) is 0 Å². The maximum atomic E-state index is 12.6. The van der Waals surface area contributed by atoms with Crippen LogP contribution in [0.4, 0.5) is 13.2 Å². The molecule has 0 aliphatic carbocycles. The number of nitrogens with zero attached hydrogens (tertiary/aromatic N) is 1. The fraction of sp³-hybridized carbons (Fsp3) is 0.333. The minimum Gasteiger partial charge on any atom is -0.310 e. The maximum absolute atomic E-state index is 12.6. The number of H-pyrrole nitrogens is 1. The van der Waals surface area contributed by atoms with E-state index in [0.717, 1.165) is 16.7 Å². The highest BCUT2D eigenvalue weighted by molar-refractivity contribution is 7.83. The zero-order chi connectivity index (χ0) is 17.2. The van der Waals surface area contributed by atoms with E-state index in [2.05, 4.69) is 9.97 Å². The number of aromatic amines is 1. The van der Waals surface area contributed by atoms with Gasteiger partial charge in [-0.25, -0.2) is 4.98 Å². The number of hydrogen-bond donors (Lipinski definition) is 1. The average molecular weight is 344 g/mol. The Morgan fingerprint density at radius 1 is 1.09 bits per heavy atom. The standard InChI is InChI=1S/C15H15F3N2O2S/c1-9-3-10(2)5-11(4-9)7-23(22)8-13-19-12(15(16,17)18)6-14(21)20-13/h3-6H,7-8H2,1-2H3,(H,19,20,21). The molecule has 0 fully saturated rings. The molecule has 2 rings (SSSR count). The van der Waals surface area contributed by atoms with Crippen LogP contribution in [0.2, 0.25) is 0 Å². The third kappa shape index (κ3) is 5.02. The Labute approximate surface area is 133 Å². The molecule has 0 saturated heterocycles. The molecule has 8 heteroatoms. The van der Waals surface area contributed by atoms with Crippen molar-refractivity contribution in [3.05, 3.63) is 62.8 Å². The number of nitrogens with one attached hydrogen (secondary N) is 1. The average Bonchev–Trinajstić information content (AvgIpc) is 2.35. The molecule has 1 N–H and O–H groups in total. The van der Waals surface area contributed by atoms with Crippen molar-refractivity contribution in [2.45, 2.75) is 31.5 Å². The van der Waals surface area contributed by atoms with Gasteiger partial charge in [-0.05, 0) is 19.4 Å². The van der Waals surface area contributed by atoms with Crippen LogP contribution in [0.15, 0.2) is 29.1 Å². The Balaban J connectivity index is 2.17. The molecule has 2 aromatic rings. The lowest BCUT2D eigenvalue weighted by Crippen LogP contribution is -2.19. The zero-order valence-corrected chi connectivity index (χ0v) is 13.3. The molecule has 0 saturated carbocycles. The lowest BCUT2D eigenvalue weighted by molar-refractivity contribution is -0.141. The first-order valence-corrected chi connectivity index (χ1v) is 8.22. The number of aryl methyl sites for hydroxylation is 2. The van der Waals surface area contributed by atoms with Gasteiger partial charge in [0.15, 0.2) is 5.69 Å². The maximum Gasteiger partial charge on any atom is 0.433 e. The molecule has 1 heterocycles. The fourth-order valence-electron chi connectivity index (χ4n) is 2.26. The molecule has 1 aromatic carbocycles. The second-order valence-electron chi connectivity index (χ2n) is 5.30. The van der Waals surface area contributed by atoms with E-state index < -0.39 is 28.2 Å². The summed E-state index contributed by atoms with van der Waals surface area (Å²) in [6.45, 7) is 3.82. The highest BCUT2D eigenvalue weighted by atomic mass is 32.2. The lowest BCUT2D eigenvalue weighted by Gasteiger charge is -2.08. The van der Waals surface area contributed by atoms with E-state index in [-0.39, 0.29) is 17.3 Å².